The zero-order chi connectivity index (χ0) is 16.3. The standard InChI is InChI=1S/C17H33NO3/c1-8-17(20-12-10-15(2,3)4)9-11-18(13-17)14(19)21-16(5,6)7/h8-13H2,1-7H3. The number of nitrogens with zero attached hydrogens (tertiary/aromatic N) is 1. The number of rotatable bonds is 4. The first-order valence-electron chi connectivity index (χ1n) is 8.08. The molecule has 1 atom stereocenters. The minimum atomic E-state index is -0.443. The van der Waals surface area contributed by atoms with Crippen molar-refractivity contribution in [3.63, 3.8) is 0 Å². The minimum absolute atomic E-state index is 0.192. The molecule has 0 N–H and O–H groups in total. The number of amides is 1. The van der Waals surface area contributed by atoms with E-state index in [9.17, 15) is 4.79 Å². The maximum absolute atomic E-state index is 12.1. The first kappa shape index (κ1) is 18.3. The molecule has 0 bridgehead atoms. The van der Waals surface area contributed by atoms with E-state index in [0.29, 0.717) is 6.54 Å². The normalized spacial score (nSPS) is 23.5. The summed E-state index contributed by atoms with van der Waals surface area (Å²) in [5.74, 6) is 0. The molecule has 4 heteroatoms. The number of likely N-dealkylation sites (tertiary alicyclic amines) is 1. The van der Waals surface area contributed by atoms with E-state index in [1.165, 1.54) is 0 Å². The molecule has 1 saturated heterocycles. The lowest BCUT2D eigenvalue weighted by Gasteiger charge is -2.30. The number of carbonyl (C=O) groups excluding carboxylic acids is 1. The van der Waals surface area contributed by atoms with Gasteiger partial charge in [0.1, 0.15) is 5.60 Å². The van der Waals surface area contributed by atoms with E-state index in [1.54, 1.807) is 4.90 Å². The molecule has 1 aliphatic heterocycles. The van der Waals surface area contributed by atoms with E-state index in [1.807, 2.05) is 20.8 Å². The number of carbonyl (C=O) groups is 1. The first-order chi connectivity index (χ1) is 9.46. The molecule has 0 aromatic carbocycles. The van der Waals surface area contributed by atoms with Crippen LogP contribution in [0, 0.1) is 5.41 Å². The average molecular weight is 299 g/mol. The Bertz CT molecular complexity index is 354. The van der Waals surface area contributed by atoms with Crippen molar-refractivity contribution in [2.24, 2.45) is 5.41 Å². The van der Waals surface area contributed by atoms with Gasteiger partial charge in [0.2, 0.25) is 0 Å². The lowest BCUT2D eigenvalue weighted by molar-refractivity contribution is -0.0503. The molecule has 1 aliphatic rings. The molecule has 1 fully saturated rings. The van der Waals surface area contributed by atoms with E-state index in [-0.39, 0.29) is 17.1 Å². The second kappa shape index (κ2) is 6.55. The largest absolute Gasteiger partial charge is 0.444 e. The van der Waals surface area contributed by atoms with E-state index >= 15 is 0 Å². The van der Waals surface area contributed by atoms with Crippen LogP contribution < -0.4 is 0 Å². The lowest BCUT2D eigenvalue weighted by atomic mass is 9.92. The van der Waals surface area contributed by atoms with Crippen LogP contribution in [0.1, 0.15) is 67.7 Å². The zero-order valence-corrected chi connectivity index (χ0v) is 14.9. The lowest BCUT2D eigenvalue weighted by Crippen LogP contribution is -2.40. The predicted octanol–water partition coefficient (Wildman–Crippen LogP) is 4.23. The Balaban J connectivity index is 2.53. The third-order valence-corrected chi connectivity index (χ3v) is 3.87. The van der Waals surface area contributed by atoms with Crippen LogP contribution in [0.5, 0.6) is 0 Å². The Morgan fingerprint density at radius 2 is 1.81 bits per heavy atom. The smallest absolute Gasteiger partial charge is 0.410 e. The van der Waals surface area contributed by atoms with Gasteiger partial charge in [-0.05, 0) is 45.4 Å². The second-order valence-electron chi connectivity index (χ2n) is 8.35. The third kappa shape index (κ3) is 6.25. The topological polar surface area (TPSA) is 38.8 Å². The van der Waals surface area contributed by atoms with Gasteiger partial charge in [-0.25, -0.2) is 4.79 Å². The van der Waals surface area contributed by atoms with Crippen molar-refractivity contribution in [3.8, 4) is 0 Å². The molecular weight excluding hydrogens is 266 g/mol. The SMILES string of the molecule is CCC1(OCCC(C)(C)C)CCN(C(=O)OC(C)(C)C)C1. The quantitative estimate of drug-likeness (QED) is 0.780. The van der Waals surface area contributed by atoms with Crippen LogP contribution in [0.3, 0.4) is 0 Å². The number of hydrogen-bond donors (Lipinski definition) is 0. The van der Waals surface area contributed by atoms with Gasteiger partial charge in [0, 0.05) is 13.2 Å². The van der Waals surface area contributed by atoms with E-state index < -0.39 is 5.60 Å². The molecule has 1 rings (SSSR count). The number of ether oxygens (including phenoxy) is 2. The zero-order valence-electron chi connectivity index (χ0n) is 14.9. The molecule has 21 heavy (non-hydrogen) atoms. The highest BCUT2D eigenvalue weighted by molar-refractivity contribution is 5.68. The van der Waals surface area contributed by atoms with Gasteiger partial charge in [-0.3, -0.25) is 0 Å². The van der Waals surface area contributed by atoms with Crippen LogP contribution in [0.2, 0.25) is 0 Å². The summed E-state index contributed by atoms with van der Waals surface area (Å²) in [4.78, 5) is 13.9. The molecular formula is C17H33NO3. The summed E-state index contributed by atoms with van der Waals surface area (Å²) in [6, 6.07) is 0. The Labute approximate surface area is 130 Å². The van der Waals surface area contributed by atoms with Crippen molar-refractivity contribution >= 4 is 6.09 Å². The van der Waals surface area contributed by atoms with E-state index in [2.05, 4.69) is 27.7 Å². The maximum Gasteiger partial charge on any atom is 0.410 e. The summed E-state index contributed by atoms with van der Waals surface area (Å²) < 4.78 is 11.6. The van der Waals surface area contributed by atoms with E-state index in [0.717, 1.165) is 32.4 Å². The Morgan fingerprint density at radius 1 is 1.19 bits per heavy atom. The molecule has 0 saturated carbocycles. The predicted molar refractivity (Wildman–Crippen MR) is 85.5 cm³/mol. The maximum atomic E-state index is 12.1. The van der Waals surface area contributed by atoms with Crippen LogP contribution in [-0.2, 0) is 9.47 Å². The highest BCUT2D eigenvalue weighted by Crippen LogP contribution is 2.31. The molecule has 1 amide bonds. The molecule has 0 spiro atoms. The summed E-state index contributed by atoms with van der Waals surface area (Å²) in [7, 11) is 0. The summed E-state index contributed by atoms with van der Waals surface area (Å²) >= 11 is 0. The van der Waals surface area contributed by atoms with Crippen molar-refractivity contribution in [2.75, 3.05) is 19.7 Å². The van der Waals surface area contributed by atoms with Crippen LogP contribution in [0.25, 0.3) is 0 Å². The average Bonchev–Trinajstić information content (AvgIpc) is 2.70. The summed E-state index contributed by atoms with van der Waals surface area (Å²) in [6.07, 6.45) is 2.63. The summed E-state index contributed by atoms with van der Waals surface area (Å²) in [5, 5.41) is 0. The van der Waals surface area contributed by atoms with Gasteiger partial charge in [0.05, 0.1) is 12.1 Å². The van der Waals surface area contributed by atoms with Gasteiger partial charge in [-0.15, -0.1) is 0 Å². The number of hydrogen-bond acceptors (Lipinski definition) is 3. The second-order valence-corrected chi connectivity index (χ2v) is 8.35. The minimum Gasteiger partial charge on any atom is -0.444 e. The van der Waals surface area contributed by atoms with Gasteiger partial charge in [-0.1, -0.05) is 27.7 Å². The highest BCUT2D eigenvalue weighted by Gasteiger charge is 2.41. The van der Waals surface area contributed by atoms with Gasteiger partial charge in [0.25, 0.3) is 0 Å². The van der Waals surface area contributed by atoms with Crippen LogP contribution in [0.4, 0.5) is 4.79 Å². The van der Waals surface area contributed by atoms with Crippen molar-refractivity contribution in [1.82, 2.24) is 4.90 Å². The van der Waals surface area contributed by atoms with Gasteiger partial charge < -0.3 is 14.4 Å². The molecule has 1 unspecified atom stereocenters. The van der Waals surface area contributed by atoms with Gasteiger partial charge in [-0.2, -0.15) is 0 Å². The molecule has 1 heterocycles. The van der Waals surface area contributed by atoms with Gasteiger partial charge >= 0.3 is 6.09 Å². The molecule has 0 aromatic rings. The van der Waals surface area contributed by atoms with Crippen molar-refractivity contribution in [3.05, 3.63) is 0 Å². The Hall–Kier alpha value is -0.770. The Morgan fingerprint density at radius 3 is 2.29 bits per heavy atom. The fourth-order valence-electron chi connectivity index (χ4n) is 2.41. The fraction of sp³-hybridized carbons (Fsp3) is 0.941. The molecule has 4 nitrogen and oxygen atoms in total. The molecule has 0 aliphatic carbocycles. The summed E-state index contributed by atoms with van der Waals surface area (Å²) in [6.45, 7) is 16.6. The Kier molecular flexibility index (Phi) is 5.70. The summed E-state index contributed by atoms with van der Waals surface area (Å²) in [5.41, 5.74) is -0.359. The van der Waals surface area contributed by atoms with Gasteiger partial charge in [0.15, 0.2) is 0 Å². The van der Waals surface area contributed by atoms with Crippen molar-refractivity contribution < 1.29 is 14.3 Å². The van der Waals surface area contributed by atoms with Crippen molar-refractivity contribution in [2.45, 2.75) is 78.9 Å². The van der Waals surface area contributed by atoms with Crippen molar-refractivity contribution in [1.29, 1.82) is 0 Å². The first-order valence-corrected chi connectivity index (χ1v) is 8.08. The highest BCUT2D eigenvalue weighted by atomic mass is 16.6. The van der Waals surface area contributed by atoms with Crippen LogP contribution in [0.15, 0.2) is 0 Å². The van der Waals surface area contributed by atoms with E-state index in [4.69, 9.17) is 9.47 Å². The molecule has 0 aromatic heterocycles. The molecule has 0 radical (unpaired) electrons. The van der Waals surface area contributed by atoms with Crippen LogP contribution in [-0.4, -0.2) is 41.9 Å². The monoisotopic (exact) mass is 299 g/mol. The third-order valence-electron chi connectivity index (χ3n) is 3.87. The molecule has 124 valence electrons. The fourth-order valence-corrected chi connectivity index (χ4v) is 2.41. The van der Waals surface area contributed by atoms with Crippen LogP contribution >= 0.6 is 0 Å².